The van der Waals surface area contributed by atoms with E-state index in [0.29, 0.717) is 11.8 Å². The van der Waals surface area contributed by atoms with Gasteiger partial charge in [0.1, 0.15) is 5.58 Å². The molecule has 4 nitrogen and oxygen atoms in total. The summed E-state index contributed by atoms with van der Waals surface area (Å²) in [5.74, 6) is 0.592. The third kappa shape index (κ3) is 2.05. The van der Waals surface area contributed by atoms with Crippen LogP contribution in [0, 0.1) is 6.92 Å². The van der Waals surface area contributed by atoms with Gasteiger partial charge < -0.3 is 14.2 Å². The minimum atomic E-state index is 0.0671. The summed E-state index contributed by atoms with van der Waals surface area (Å²) in [5, 5.41) is 1.05. The smallest absolute Gasteiger partial charge is 0.290 e. The van der Waals surface area contributed by atoms with Gasteiger partial charge in [0.2, 0.25) is 0 Å². The first-order valence-electron chi connectivity index (χ1n) is 7.75. The summed E-state index contributed by atoms with van der Waals surface area (Å²) in [7, 11) is 0. The first-order chi connectivity index (χ1) is 10.2. The van der Waals surface area contributed by atoms with Crippen molar-refractivity contribution in [1.29, 1.82) is 0 Å². The molecular weight excluding hydrogens is 264 g/mol. The van der Waals surface area contributed by atoms with Gasteiger partial charge in [0.25, 0.3) is 5.91 Å². The van der Waals surface area contributed by atoms with Crippen molar-refractivity contribution >= 4 is 16.9 Å². The van der Waals surface area contributed by atoms with E-state index >= 15 is 0 Å². The minimum absolute atomic E-state index is 0.0671. The van der Waals surface area contributed by atoms with E-state index in [9.17, 15) is 4.79 Å². The van der Waals surface area contributed by atoms with Crippen LogP contribution in [0.5, 0.6) is 0 Å². The third-order valence-electron chi connectivity index (χ3n) is 4.95. The predicted octanol–water partition coefficient (Wildman–Crippen LogP) is 2.66. The Hall–Kier alpha value is -1.81. The van der Waals surface area contributed by atoms with E-state index in [1.54, 1.807) is 0 Å². The van der Waals surface area contributed by atoms with Crippen molar-refractivity contribution in [2.75, 3.05) is 26.2 Å². The fraction of sp³-hybridized carbons (Fsp3) is 0.471. The number of piperidine rings is 1. The molecule has 110 valence electrons. The molecule has 0 unspecified atom stereocenters. The highest BCUT2D eigenvalue weighted by atomic mass is 16.3. The number of aryl methyl sites for hydroxylation is 1. The Bertz CT molecular complexity index is 683. The molecule has 0 N–H and O–H groups in total. The van der Waals surface area contributed by atoms with Crippen LogP contribution >= 0.6 is 0 Å². The average Bonchev–Trinajstić information content (AvgIpc) is 2.69. The standard InChI is InChI=1S/C17H20N2O2/c1-12-14-4-2-3-5-15(14)21-16(12)17(20)19-11-10-18-8-6-13(19)7-9-18/h2-5,13H,6-11H2,1H3. The van der Waals surface area contributed by atoms with Gasteiger partial charge in [-0.3, -0.25) is 4.79 Å². The lowest BCUT2D eigenvalue weighted by Gasteiger charge is -2.31. The molecule has 0 spiro atoms. The van der Waals surface area contributed by atoms with Crippen LogP contribution < -0.4 is 0 Å². The van der Waals surface area contributed by atoms with Gasteiger partial charge in [-0.1, -0.05) is 18.2 Å². The number of fused-ring (bicyclic) bond motifs is 5. The summed E-state index contributed by atoms with van der Waals surface area (Å²) in [6, 6.07) is 8.26. The van der Waals surface area contributed by atoms with Gasteiger partial charge in [-0.05, 0) is 25.8 Å². The maximum Gasteiger partial charge on any atom is 0.290 e. The van der Waals surface area contributed by atoms with Gasteiger partial charge in [-0.15, -0.1) is 0 Å². The molecule has 1 aromatic heterocycles. The number of amides is 1. The van der Waals surface area contributed by atoms with E-state index < -0.39 is 0 Å². The van der Waals surface area contributed by atoms with Gasteiger partial charge in [0.05, 0.1) is 0 Å². The summed E-state index contributed by atoms with van der Waals surface area (Å²) in [6.45, 7) is 6.03. The number of hydrogen-bond donors (Lipinski definition) is 0. The monoisotopic (exact) mass is 284 g/mol. The van der Waals surface area contributed by atoms with Gasteiger partial charge in [0.15, 0.2) is 5.76 Å². The van der Waals surface area contributed by atoms with Crippen molar-refractivity contribution in [3.05, 3.63) is 35.6 Å². The highest BCUT2D eigenvalue weighted by Crippen LogP contribution is 2.28. The second-order valence-corrected chi connectivity index (χ2v) is 6.12. The zero-order valence-corrected chi connectivity index (χ0v) is 12.3. The zero-order chi connectivity index (χ0) is 14.4. The second kappa shape index (κ2) is 4.88. The molecule has 21 heavy (non-hydrogen) atoms. The summed E-state index contributed by atoms with van der Waals surface area (Å²) in [6.07, 6.45) is 2.18. The Balaban J connectivity index is 1.71. The highest BCUT2D eigenvalue weighted by molar-refractivity contribution is 5.99. The van der Waals surface area contributed by atoms with Crippen LogP contribution in [-0.4, -0.2) is 47.9 Å². The van der Waals surface area contributed by atoms with Crippen molar-refractivity contribution in [3.8, 4) is 0 Å². The van der Waals surface area contributed by atoms with E-state index in [2.05, 4.69) is 4.90 Å². The Kier molecular flexibility index (Phi) is 3.00. The first-order valence-corrected chi connectivity index (χ1v) is 7.75. The van der Waals surface area contributed by atoms with Crippen LogP contribution in [0.1, 0.15) is 29.0 Å². The van der Waals surface area contributed by atoms with E-state index in [4.69, 9.17) is 4.42 Å². The molecule has 1 aromatic carbocycles. The largest absolute Gasteiger partial charge is 0.451 e. The molecule has 3 aliphatic rings. The molecule has 1 amide bonds. The lowest BCUT2D eigenvalue weighted by molar-refractivity contribution is 0.0654. The Morgan fingerprint density at radius 2 is 1.90 bits per heavy atom. The van der Waals surface area contributed by atoms with E-state index in [1.165, 1.54) is 0 Å². The topological polar surface area (TPSA) is 36.7 Å². The van der Waals surface area contributed by atoms with Crippen LogP contribution in [0.3, 0.4) is 0 Å². The molecule has 3 fully saturated rings. The number of benzene rings is 1. The van der Waals surface area contributed by atoms with Crippen molar-refractivity contribution in [1.82, 2.24) is 9.80 Å². The summed E-state index contributed by atoms with van der Waals surface area (Å²) < 4.78 is 5.86. The van der Waals surface area contributed by atoms with Crippen molar-refractivity contribution in [2.24, 2.45) is 0 Å². The number of hydrogen-bond acceptors (Lipinski definition) is 3. The van der Waals surface area contributed by atoms with Crippen LogP contribution in [0.25, 0.3) is 11.0 Å². The zero-order valence-electron chi connectivity index (χ0n) is 12.3. The molecule has 2 bridgehead atoms. The Morgan fingerprint density at radius 3 is 2.67 bits per heavy atom. The van der Waals surface area contributed by atoms with E-state index in [1.807, 2.05) is 36.1 Å². The van der Waals surface area contributed by atoms with E-state index in [0.717, 1.165) is 55.6 Å². The molecule has 4 heteroatoms. The number of rotatable bonds is 1. The first kappa shape index (κ1) is 12.9. The summed E-state index contributed by atoms with van der Waals surface area (Å²) in [4.78, 5) is 17.4. The fourth-order valence-electron chi connectivity index (χ4n) is 3.66. The molecule has 0 saturated carbocycles. The molecule has 0 atom stereocenters. The SMILES string of the molecule is Cc1c(C(=O)N2CCN3CCC2CC3)oc2ccccc12. The Morgan fingerprint density at radius 1 is 1.14 bits per heavy atom. The molecule has 0 aliphatic carbocycles. The minimum Gasteiger partial charge on any atom is -0.451 e. The van der Waals surface area contributed by atoms with Crippen molar-refractivity contribution in [2.45, 2.75) is 25.8 Å². The van der Waals surface area contributed by atoms with Gasteiger partial charge >= 0.3 is 0 Å². The number of para-hydroxylation sites is 1. The van der Waals surface area contributed by atoms with Gasteiger partial charge in [0, 0.05) is 43.2 Å². The molecule has 5 rings (SSSR count). The molecule has 2 aromatic rings. The fourth-order valence-corrected chi connectivity index (χ4v) is 3.66. The third-order valence-corrected chi connectivity index (χ3v) is 4.95. The maximum atomic E-state index is 12.9. The average molecular weight is 284 g/mol. The highest BCUT2D eigenvalue weighted by Gasteiger charge is 2.34. The van der Waals surface area contributed by atoms with Crippen LogP contribution in [0.15, 0.2) is 28.7 Å². The number of carbonyl (C=O) groups is 1. The quantitative estimate of drug-likeness (QED) is 0.808. The molecule has 0 radical (unpaired) electrons. The predicted molar refractivity (Wildman–Crippen MR) is 81.4 cm³/mol. The summed E-state index contributed by atoms with van der Waals surface area (Å²) >= 11 is 0. The molecule has 3 saturated heterocycles. The summed E-state index contributed by atoms with van der Waals surface area (Å²) in [5.41, 5.74) is 1.77. The van der Waals surface area contributed by atoms with Crippen LogP contribution in [0.4, 0.5) is 0 Å². The molecule has 4 heterocycles. The molecule has 3 aliphatic heterocycles. The van der Waals surface area contributed by atoms with Crippen LogP contribution in [-0.2, 0) is 0 Å². The van der Waals surface area contributed by atoms with Crippen molar-refractivity contribution in [3.63, 3.8) is 0 Å². The normalized spacial score (nSPS) is 25.3. The molecular formula is C17H20N2O2. The van der Waals surface area contributed by atoms with Crippen LogP contribution in [0.2, 0.25) is 0 Å². The maximum absolute atomic E-state index is 12.9. The Labute approximate surface area is 124 Å². The van der Waals surface area contributed by atoms with Gasteiger partial charge in [-0.25, -0.2) is 0 Å². The lowest BCUT2D eigenvalue weighted by Crippen LogP contribution is -2.41. The number of nitrogens with zero attached hydrogens (tertiary/aromatic N) is 2. The second-order valence-electron chi connectivity index (χ2n) is 6.12. The number of carbonyl (C=O) groups excluding carboxylic acids is 1. The lowest BCUT2D eigenvalue weighted by atomic mass is 10.0. The van der Waals surface area contributed by atoms with E-state index in [-0.39, 0.29) is 5.91 Å². The van der Waals surface area contributed by atoms with Crippen molar-refractivity contribution < 1.29 is 9.21 Å². The number of furan rings is 1. The van der Waals surface area contributed by atoms with Gasteiger partial charge in [-0.2, -0.15) is 0 Å².